The summed E-state index contributed by atoms with van der Waals surface area (Å²) in [7, 11) is 0. The molecule has 15 heavy (non-hydrogen) atoms. The Morgan fingerprint density at radius 2 is 2.07 bits per heavy atom. The molecule has 0 bridgehead atoms. The van der Waals surface area contributed by atoms with Gasteiger partial charge in [-0.15, -0.1) is 0 Å². The van der Waals surface area contributed by atoms with Crippen molar-refractivity contribution in [3.05, 3.63) is 0 Å². The number of carbonyl (C=O) groups is 1. The fraction of sp³-hybridized carbons (Fsp3) is 0.909. The molecule has 1 heterocycles. The number of carbonyl (C=O) groups excluding carboxylic acids is 1. The molecule has 0 aromatic heterocycles. The van der Waals surface area contributed by atoms with E-state index in [0.717, 1.165) is 37.9 Å². The smallest absolute Gasteiger partial charge is 0.240 e. The van der Waals surface area contributed by atoms with Crippen molar-refractivity contribution in [2.45, 2.75) is 50.1 Å². The van der Waals surface area contributed by atoms with Gasteiger partial charge in [0.2, 0.25) is 5.91 Å². The largest absolute Gasteiger partial charge is 0.351 e. The number of rotatable bonds is 2. The molecule has 3 nitrogen and oxygen atoms in total. The number of hydrogen-bond donors (Lipinski definition) is 2. The number of hydrogen-bond acceptors (Lipinski definition) is 3. The third kappa shape index (κ3) is 2.67. The molecule has 1 aliphatic carbocycles. The quantitative estimate of drug-likeness (QED) is 0.748. The fourth-order valence-corrected chi connectivity index (χ4v) is 3.54. The maximum Gasteiger partial charge on any atom is 0.240 e. The molecule has 1 unspecified atom stereocenters. The van der Waals surface area contributed by atoms with Crippen molar-refractivity contribution in [2.24, 2.45) is 5.73 Å². The molecule has 3 N–H and O–H groups in total. The topological polar surface area (TPSA) is 55.1 Å². The highest BCUT2D eigenvalue weighted by Gasteiger charge is 2.36. The Morgan fingerprint density at radius 3 is 2.67 bits per heavy atom. The Hall–Kier alpha value is -0.220. The van der Waals surface area contributed by atoms with Crippen LogP contribution in [0, 0.1) is 0 Å². The van der Waals surface area contributed by atoms with Crippen molar-refractivity contribution >= 4 is 17.7 Å². The minimum Gasteiger partial charge on any atom is -0.351 e. The van der Waals surface area contributed by atoms with Crippen LogP contribution in [0.25, 0.3) is 0 Å². The van der Waals surface area contributed by atoms with E-state index in [0.29, 0.717) is 6.04 Å². The summed E-state index contributed by atoms with van der Waals surface area (Å²) in [5.41, 5.74) is 5.60. The number of nitrogens with one attached hydrogen (secondary N) is 1. The number of nitrogens with two attached hydrogens (primary N) is 1. The molecule has 0 aromatic carbocycles. The summed E-state index contributed by atoms with van der Waals surface area (Å²) in [6.45, 7) is 0. The maximum absolute atomic E-state index is 12.0. The lowest BCUT2D eigenvalue weighted by molar-refractivity contribution is -0.128. The van der Waals surface area contributed by atoms with E-state index in [4.69, 9.17) is 5.73 Å². The highest BCUT2D eigenvalue weighted by molar-refractivity contribution is 7.99. The Morgan fingerprint density at radius 1 is 1.33 bits per heavy atom. The van der Waals surface area contributed by atoms with E-state index >= 15 is 0 Å². The molecule has 1 amide bonds. The van der Waals surface area contributed by atoms with Gasteiger partial charge in [-0.05, 0) is 25.0 Å². The predicted octanol–water partition coefficient (Wildman–Crippen LogP) is 1.27. The standard InChI is InChI=1S/C11H20N2OS/c12-11(5-2-1-3-6-11)10(14)13-9-4-7-15-8-9/h9H,1-8,12H2,(H,13,14). The molecule has 0 spiro atoms. The minimum absolute atomic E-state index is 0.0923. The van der Waals surface area contributed by atoms with Gasteiger partial charge in [-0.1, -0.05) is 19.3 Å². The molecule has 2 rings (SSSR count). The number of thioether (sulfide) groups is 1. The summed E-state index contributed by atoms with van der Waals surface area (Å²) in [6, 6.07) is 0.366. The van der Waals surface area contributed by atoms with E-state index in [1.54, 1.807) is 0 Å². The van der Waals surface area contributed by atoms with Gasteiger partial charge in [-0.2, -0.15) is 11.8 Å². The predicted molar refractivity (Wildman–Crippen MR) is 63.9 cm³/mol. The molecule has 86 valence electrons. The molecular formula is C11H20N2OS. The Bertz CT molecular complexity index is 233. The lowest BCUT2D eigenvalue weighted by atomic mass is 9.82. The molecule has 1 saturated heterocycles. The SMILES string of the molecule is NC1(C(=O)NC2CCSC2)CCCCC1. The van der Waals surface area contributed by atoms with Gasteiger partial charge >= 0.3 is 0 Å². The minimum atomic E-state index is -0.564. The van der Waals surface area contributed by atoms with Crippen LogP contribution in [-0.2, 0) is 4.79 Å². The fourth-order valence-electron chi connectivity index (χ4n) is 2.39. The first-order chi connectivity index (χ1) is 7.21. The van der Waals surface area contributed by atoms with E-state index in [1.807, 2.05) is 11.8 Å². The van der Waals surface area contributed by atoms with E-state index < -0.39 is 5.54 Å². The van der Waals surface area contributed by atoms with Gasteiger partial charge in [0, 0.05) is 11.8 Å². The van der Waals surface area contributed by atoms with Gasteiger partial charge in [-0.3, -0.25) is 4.79 Å². The van der Waals surface area contributed by atoms with E-state index in [-0.39, 0.29) is 5.91 Å². The normalized spacial score (nSPS) is 30.1. The van der Waals surface area contributed by atoms with Crippen LogP contribution in [0.5, 0.6) is 0 Å². The molecule has 0 radical (unpaired) electrons. The Kier molecular flexibility index (Phi) is 3.57. The van der Waals surface area contributed by atoms with Crippen LogP contribution in [0.2, 0.25) is 0 Å². The van der Waals surface area contributed by atoms with Crippen molar-refractivity contribution in [1.29, 1.82) is 0 Å². The highest BCUT2D eigenvalue weighted by Crippen LogP contribution is 2.27. The molecule has 1 atom stereocenters. The summed E-state index contributed by atoms with van der Waals surface area (Å²) in [5.74, 6) is 2.32. The van der Waals surface area contributed by atoms with Crippen molar-refractivity contribution in [2.75, 3.05) is 11.5 Å². The van der Waals surface area contributed by atoms with Gasteiger partial charge < -0.3 is 11.1 Å². The maximum atomic E-state index is 12.0. The lowest BCUT2D eigenvalue weighted by Crippen LogP contribution is -2.57. The summed E-state index contributed by atoms with van der Waals surface area (Å²) >= 11 is 1.91. The van der Waals surface area contributed by atoms with Crippen LogP contribution in [0.4, 0.5) is 0 Å². The average Bonchev–Trinajstić information content (AvgIpc) is 2.71. The zero-order chi connectivity index (χ0) is 10.7. The van der Waals surface area contributed by atoms with Crippen LogP contribution < -0.4 is 11.1 Å². The van der Waals surface area contributed by atoms with Crippen LogP contribution in [0.1, 0.15) is 38.5 Å². The van der Waals surface area contributed by atoms with Crippen LogP contribution in [0.3, 0.4) is 0 Å². The zero-order valence-corrected chi connectivity index (χ0v) is 9.94. The second-order valence-corrected chi connectivity index (χ2v) is 5.90. The van der Waals surface area contributed by atoms with E-state index in [1.165, 1.54) is 12.2 Å². The summed E-state index contributed by atoms with van der Waals surface area (Å²) in [5, 5.41) is 3.10. The second kappa shape index (κ2) is 4.74. The van der Waals surface area contributed by atoms with Crippen molar-refractivity contribution in [1.82, 2.24) is 5.32 Å². The van der Waals surface area contributed by atoms with E-state index in [9.17, 15) is 4.79 Å². The second-order valence-electron chi connectivity index (χ2n) is 4.75. The van der Waals surface area contributed by atoms with E-state index in [2.05, 4.69) is 5.32 Å². The van der Waals surface area contributed by atoms with Crippen molar-refractivity contribution in [3.8, 4) is 0 Å². The van der Waals surface area contributed by atoms with Crippen molar-refractivity contribution < 1.29 is 4.79 Å². The lowest BCUT2D eigenvalue weighted by Gasteiger charge is -2.32. The molecular weight excluding hydrogens is 208 g/mol. The average molecular weight is 228 g/mol. The van der Waals surface area contributed by atoms with Gasteiger partial charge in [0.1, 0.15) is 0 Å². The highest BCUT2D eigenvalue weighted by atomic mass is 32.2. The van der Waals surface area contributed by atoms with Gasteiger partial charge in [-0.25, -0.2) is 0 Å². The third-order valence-corrected chi connectivity index (χ3v) is 4.63. The zero-order valence-electron chi connectivity index (χ0n) is 9.13. The Balaban J connectivity index is 1.87. The van der Waals surface area contributed by atoms with Gasteiger partial charge in [0.25, 0.3) is 0 Å². The van der Waals surface area contributed by atoms with Gasteiger partial charge in [0.15, 0.2) is 0 Å². The van der Waals surface area contributed by atoms with Crippen LogP contribution in [0.15, 0.2) is 0 Å². The van der Waals surface area contributed by atoms with Gasteiger partial charge in [0.05, 0.1) is 5.54 Å². The Labute approximate surface area is 95.6 Å². The molecule has 2 fully saturated rings. The summed E-state index contributed by atoms with van der Waals surface area (Å²) < 4.78 is 0. The third-order valence-electron chi connectivity index (χ3n) is 3.46. The molecule has 0 aromatic rings. The van der Waals surface area contributed by atoms with Crippen LogP contribution in [-0.4, -0.2) is 29.0 Å². The number of amides is 1. The summed E-state index contributed by atoms with van der Waals surface area (Å²) in [4.78, 5) is 12.0. The van der Waals surface area contributed by atoms with Crippen molar-refractivity contribution in [3.63, 3.8) is 0 Å². The monoisotopic (exact) mass is 228 g/mol. The first-order valence-electron chi connectivity index (χ1n) is 5.88. The molecule has 4 heteroatoms. The molecule has 2 aliphatic rings. The first kappa shape index (κ1) is 11.3. The summed E-state index contributed by atoms with van der Waals surface area (Å²) in [6.07, 6.45) is 6.25. The van der Waals surface area contributed by atoms with Crippen LogP contribution >= 0.6 is 11.8 Å². The molecule has 1 aliphatic heterocycles. The molecule has 1 saturated carbocycles. The first-order valence-corrected chi connectivity index (χ1v) is 7.04.